The zero-order valence-corrected chi connectivity index (χ0v) is 43.8. The highest BCUT2D eigenvalue weighted by Gasteiger charge is 2.47. The first-order valence-corrected chi connectivity index (χ1v) is 24.1. The Bertz CT molecular complexity index is 2250. The average Bonchev–Trinajstić information content (AvgIpc) is 3.96. The molecule has 3 aromatic rings. The average molecular weight is 1020 g/mol. The van der Waals surface area contributed by atoms with Crippen molar-refractivity contribution < 1.29 is 38.4 Å². The highest BCUT2D eigenvalue weighted by atomic mass is 35.5. The van der Waals surface area contributed by atoms with Crippen molar-refractivity contribution in [3.05, 3.63) is 101 Å². The van der Waals surface area contributed by atoms with Crippen LogP contribution in [0.15, 0.2) is 78.9 Å². The summed E-state index contributed by atoms with van der Waals surface area (Å²) in [6.45, 7) is 14.5. The Morgan fingerprint density at radius 2 is 0.931 bits per heavy atom. The van der Waals surface area contributed by atoms with Gasteiger partial charge in [-0.3, -0.25) is 38.4 Å². The van der Waals surface area contributed by atoms with Crippen LogP contribution in [0, 0.1) is 10.8 Å². The van der Waals surface area contributed by atoms with Gasteiger partial charge >= 0.3 is 0 Å². The molecule has 2 heterocycles. The summed E-state index contributed by atoms with van der Waals surface area (Å²) in [5, 5.41) is 23.2. The van der Waals surface area contributed by atoms with Crippen molar-refractivity contribution >= 4 is 65.4 Å². The molecule has 2 fully saturated rings. The fourth-order valence-electron chi connectivity index (χ4n) is 8.55. The maximum Gasteiger partial charge on any atom is 0.251 e. The van der Waals surface area contributed by atoms with Crippen LogP contribution in [0.2, 0.25) is 0 Å². The molecule has 0 aliphatic carbocycles. The summed E-state index contributed by atoms with van der Waals surface area (Å²) in [6, 6.07) is 16.1. The molecule has 392 valence electrons. The molecule has 8 amide bonds. The van der Waals surface area contributed by atoms with Gasteiger partial charge in [-0.05, 0) is 80.9 Å². The molecule has 0 saturated carbocycles. The van der Waals surface area contributed by atoms with Gasteiger partial charge < -0.3 is 58.1 Å². The summed E-state index contributed by atoms with van der Waals surface area (Å²) >= 11 is 0. The molecule has 0 aromatic heterocycles. The van der Waals surface area contributed by atoms with Gasteiger partial charge in [0, 0.05) is 55.1 Å². The van der Waals surface area contributed by atoms with E-state index in [1.54, 1.807) is 27.9 Å². The number of hydrogen-bond acceptors (Lipinski definition) is 11. The Morgan fingerprint density at radius 1 is 0.583 bits per heavy atom. The molecule has 10 N–H and O–H groups in total. The fourth-order valence-corrected chi connectivity index (χ4v) is 8.55. The predicted molar refractivity (Wildman–Crippen MR) is 277 cm³/mol. The normalized spacial score (nSPS) is 19.4. The zero-order chi connectivity index (χ0) is 52.4. The minimum Gasteiger partial charge on any atom is -0.399 e. The van der Waals surface area contributed by atoms with E-state index in [1.807, 2.05) is 102 Å². The maximum atomic E-state index is 14.5. The topological polar surface area (TPSA) is 265 Å². The SMILES string of the molecule is CN[C@@H](C)C(=O)N[C@H](C(=O)N1C[C@@H](NC(=O)c2cc(N)cc(C(=O)N[C@H]3C[C@@H](C(=O)NCc4ccccc4)N(C(=O)[C@@H](NC(=O)[C@H](C)NC)C(C)(C)C)C3)c2)C[C@H]1C(=O)NCc1ccccc1)C(C)(C)C.Cl. The van der Waals surface area contributed by atoms with Crippen molar-refractivity contribution in [2.45, 2.75) is 130 Å². The lowest BCUT2D eigenvalue weighted by molar-refractivity contribution is -0.144. The quantitative estimate of drug-likeness (QED) is 0.0833. The van der Waals surface area contributed by atoms with Crippen molar-refractivity contribution in [3.8, 4) is 0 Å². The third-order valence-corrected chi connectivity index (χ3v) is 13.0. The molecular weight excluding hydrogens is 942 g/mol. The third kappa shape index (κ3) is 15.2. The molecule has 5 rings (SSSR count). The predicted octanol–water partition coefficient (Wildman–Crippen LogP) is 2.00. The summed E-state index contributed by atoms with van der Waals surface area (Å²) < 4.78 is 0. The van der Waals surface area contributed by atoms with Crippen molar-refractivity contribution in [2.75, 3.05) is 32.9 Å². The molecule has 2 saturated heterocycles. The van der Waals surface area contributed by atoms with Crippen LogP contribution in [0.4, 0.5) is 5.69 Å². The van der Waals surface area contributed by atoms with Crippen LogP contribution >= 0.6 is 12.4 Å². The lowest BCUT2D eigenvalue weighted by Crippen LogP contribution is -2.59. The molecule has 3 aromatic carbocycles. The van der Waals surface area contributed by atoms with Crippen molar-refractivity contribution in [2.24, 2.45) is 10.8 Å². The molecule has 0 bridgehead atoms. The number of likely N-dealkylation sites (N-methyl/N-ethyl adjacent to an activating group) is 2. The first-order chi connectivity index (χ1) is 33.4. The maximum absolute atomic E-state index is 14.5. The first kappa shape index (κ1) is 58.0. The number of halogens is 1. The van der Waals surface area contributed by atoms with Gasteiger partial charge in [0.25, 0.3) is 11.8 Å². The smallest absolute Gasteiger partial charge is 0.251 e. The number of carbonyl (C=O) groups is 8. The number of nitrogens with one attached hydrogen (secondary N) is 8. The van der Waals surface area contributed by atoms with E-state index < -0.39 is 106 Å². The lowest BCUT2D eigenvalue weighted by Gasteiger charge is -2.36. The Balaban J connectivity index is 0.0000112. The van der Waals surface area contributed by atoms with E-state index >= 15 is 0 Å². The highest BCUT2D eigenvalue weighted by molar-refractivity contribution is 6.02. The van der Waals surface area contributed by atoms with Crippen LogP contribution < -0.4 is 48.3 Å². The third-order valence-electron chi connectivity index (χ3n) is 13.0. The number of likely N-dealkylation sites (tertiary alicyclic amines) is 2. The summed E-state index contributed by atoms with van der Waals surface area (Å²) in [7, 11) is 3.26. The molecule has 8 atom stereocenters. The van der Waals surface area contributed by atoms with Gasteiger partial charge in [0.05, 0.1) is 12.1 Å². The molecule has 0 unspecified atom stereocenters. The summed E-state index contributed by atoms with van der Waals surface area (Å²) in [6.07, 6.45) is 0.105. The second-order valence-electron chi connectivity index (χ2n) is 20.7. The molecule has 20 heteroatoms. The molecule has 19 nitrogen and oxygen atoms in total. The van der Waals surface area contributed by atoms with Crippen molar-refractivity contribution in [3.63, 3.8) is 0 Å². The number of amides is 8. The van der Waals surface area contributed by atoms with E-state index in [0.717, 1.165) is 11.1 Å². The molecule has 0 spiro atoms. The largest absolute Gasteiger partial charge is 0.399 e. The molecule has 72 heavy (non-hydrogen) atoms. The summed E-state index contributed by atoms with van der Waals surface area (Å²) in [5.74, 6) is -3.87. The number of benzene rings is 3. The van der Waals surface area contributed by atoms with Gasteiger partial charge in [-0.2, -0.15) is 0 Å². The Kier molecular flexibility index (Phi) is 20.3. The summed E-state index contributed by atoms with van der Waals surface area (Å²) in [4.78, 5) is 114. The van der Waals surface area contributed by atoms with E-state index in [9.17, 15) is 38.4 Å². The number of anilines is 1. The highest BCUT2D eigenvalue weighted by Crippen LogP contribution is 2.29. The van der Waals surface area contributed by atoms with Crippen LogP contribution in [0.5, 0.6) is 0 Å². The van der Waals surface area contributed by atoms with Crippen LogP contribution in [0.1, 0.15) is 100 Å². The molecular formula is C52H74ClN11O8. The van der Waals surface area contributed by atoms with Gasteiger partial charge in [-0.25, -0.2) is 0 Å². The van der Waals surface area contributed by atoms with Gasteiger partial charge in [0.2, 0.25) is 35.4 Å². The minimum atomic E-state index is -1.02. The van der Waals surface area contributed by atoms with Crippen LogP contribution in [0.25, 0.3) is 0 Å². The monoisotopic (exact) mass is 1020 g/mol. The molecule has 2 aliphatic rings. The second kappa shape index (κ2) is 25.2. The number of nitrogens with two attached hydrogens (primary N) is 1. The van der Waals surface area contributed by atoms with Crippen molar-refractivity contribution in [1.29, 1.82) is 0 Å². The second-order valence-corrected chi connectivity index (χ2v) is 20.7. The van der Waals surface area contributed by atoms with E-state index in [-0.39, 0.29) is 68.2 Å². The molecule has 0 radical (unpaired) electrons. The Hall–Kier alpha value is -6.57. The lowest BCUT2D eigenvalue weighted by atomic mass is 9.85. The van der Waals surface area contributed by atoms with Crippen LogP contribution in [-0.4, -0.2) is 133 Å². The fraction of sp³-hybridized carbons (Fsp3) is 0.500. The van der Waals surface area contributed by atoms with Gasteiger partial charge in [-0.1, -0.05) is 102 Å². The van der Waals surface area contributed by atoms with E-state index in [0.29, 0.717) is 0 Å². The van der Waals surface area contributed by atoms with E-state index in [2.05, 4.69) is 42.5 Å². The Labute approximate surface area is 429 Å². The number of hydrogen-bond donors (Lipinski definition) is 9. The molecule has 2 aliphatic heterocycles. The van der Waals surface area contributed by atoms with Crippen LogP contribution in [0.3, 0.4) is 0 Å². The van der Waals surface area contributed by atoms with E-state index in [1.165, 1.54) is 28.0 Å². The van der Waals surface area contributed by atoms with Crippen molar-refractivity contribution in [1.82, 2.24) is 52.3 Å². The zero-order valence-electron chi connectivity index (χ0n) is 43.0. The number of rotatable bonds is 18. The van der Waals surface area contributed by atoms with Crippen LogP contribution in [-0.2, 0) is 41.9 Å². The van der Waals surface area contributed by atoms with Gasteiger partial charge in [0.15, 0.2) is 0 Å². The van der Waals surface area contributed by atoms with Gasteiger partial charge in [-0.15, -0.1) is 12.4 Å². The standard InChI is InChI=1S/C52H73N11O8.ClH/c1-30(54-9)43(64)60-41(51(3,4)5)49(70)62-28-37(24-39(62)47(68)56-26-32-17-13-11-14-18-32)58-45(66)34-21-35(23-36(53)22-34)46(67)59-38-25-40(48(69)57-27-33-19-15-12-16-20-33)63(29-38)50(71)42(52(6,7)8)61-44(65)31(2)55-10;/h11-23,30-31,37-42,54-55H,24-29,53H2,1-10H3,(H,56,68)(H,57,69)(H,58,66)(H,59,67)(H,60,64)(H,61,65);1H/t30-,31-,37-,38-,39-,40-,41+,42+;/m0./s1. The van der Waals surface area contributed by atoms with E-state index in [4.69, 9.17) is 5.73 Å². The number of nitrogen functional groups attached to an aromatic ring is 1. The Morgan fingerprint density at radius 3 is 1.25 bits per heavy atom. The minimum absolute atomic E-state index is 0. The number of carbonyl (C=O) groups excluding carboxylic acids is 8. The van der Waals surface area contributed by atoms with Gasteiger partial charge in [0.1, 0.15) is 24.2 Å². The number of nitrogens with zero attached hydrogens (tertiary/aromatic N) is 2. The summed E-state index contributed by atoms with van der Waals surface area (Å²) in [5.41, 5.74) is 6.65. The first-order valence-electron chi connectivity index (χ1n) is 24.1.